The van der Waals surface area contributed by atoms with Crippen LogP contribution in [0.3, 0.4) is 0 Å². The second-order valence-electron chi connectivity index (χ2n) is 12.8. The third kappa shape index (κ3) is 2.32. The van der Waals surface area contributed by atoms with Crippen molar-refractivity contribution in [1.82, 2.24) is 0 Å². The Labute approximate surface area is 177 Å². The van der Waals surface area contributed by atoms with Crippen LogP contribution in [-0.4, -0.2) is 21.8 Å². The summed E-state index contributed by atoms with van der Waals surface area (Å²) in [5.41, 5.74) is -0.172. The van der Waals surface area contributed by atoms with Gasteiger partial charge in [-0.05, 0) is 111 Å². The van der Waals surface area contributed by atoms with E-state index in [1.807, 2.05) is 0 Å². The highest BCUT2D eigenvalue weighted by atomic mass is 16.4. The van der Waals surface area contributed by atoms with E-state index < -0.39 is 17.0 Å². The van der Waals surface area contributed by atoms with E-state index in [1.54, 1.807) is 0 Å². The van der Waals surface area contributed by atoms with Crippen LogP contribution in [0.15, 0.2) is 0 Å². The summed E-state index contributed by atoms with van der Waals surface area (Å²) in [6.07, 6.45) is 13.3. The molecule has 0 amide bonds. The van der Waals surface area contributed by atoms with Crippen molar-refractivity contribution in [3.8, 4) is 0 Å². The average Bonchev–Trinajstić information content (AvgIpc) is 3.07. The van der Waals surface area contributed by atoms with Crippen molar-refractivity contribution in [1.29, 1.82) is 0 Å². The lowest BCUT2D eigenvalue weighted by Gasteiger charge is -2.71. The molecule has 0 heterocycles. The highest BCUT2D eigenvalue weighted by Crippen LogP contribution is 2.76. The van der Waals surface area contributed by atoms with Gasteiger partial charge in [0.15, 0.2) is 0 Å². The molecule has 7 unspecified atom stereocenters. The van der Waals surface area contributed by atoms with Crippen molar-refractivity contribution in [2.24, 2.45) is 45.3 Å². The highest BCUT2D eigenvalue weighted by Gasteiger charge is 2.70. The zero-order valence-electron chi connectivity index (χ0n) is 19.1. The average molecular weight is 403 g/mol. The minimum atomic E-state index is -0.511. The molecule has 29 heavy (non-hydrogen) atoms. The first kappa shape index (κ1) is 20.3. The molecule has 0 radical (unpaired) electrons. The van der Waals surface area contributed by atoms with Crippen molar-refractivity contribution in [3.05, 3.63) is 0 Å². The molecule has 9 atom stereocenters. The second-order valence-corrected chi connectivity index (χ2v) is 12.8. The summed E-state index contributed by atoms with van der Waals surface area (Å²) in [5, 5.41) is 21.5. The Bertz CT molecular complexity index is 715. The first-order chi connectivity index (χ1) is 13.5. The first-order valence-electron chi connectivity index (χ1n) is 12.5. The molecule has 5 fully saturated rings. The maximum Gasteiger partial charge on any atom is 0.309 e. The lowest BCUT2D eigenvalue weighted by atomic mass is 9.33. The minimum Gasteiger partial charge on any atom is -0.481 e. The van der Waals surface area contributed by atoms with Crippen molar-refractivity contribution in [3.63, 3.8) is 0 Å². The van der Waals surface area contributed by atoms with E-state index >= 15 is 0 Å². The third-order valence-corrected chi connectivity index (χ3v) is 12.2. The Hall–Kier alpha value is -0.570. The molecule has 5 aliphatic carbocycles. The van der Waals surface area contributed by atoms with E-state index in [0.29, 0.717) is 23.7 Å². The fourth-order valence-corrected chi connectivity index (χ4v) is 10.7. The van der Waals surface area contributed by atoms with E-state index in [2.05, 4.69) is 27.7 Å². The number of hydrogen-bond donors (Lipinski definition) is 2. The van der Waals surface area contributed by atoms with Gasteiger partial charge in [-0.1, -0.05) is 33.6 Å². The van der Waals surface area contributed by atoms with Gasteiger partial charge in [0, 0.05) is 0 Å². The SMILES string of the molecule is CC12CCC[C@@](C)(O)C1CCC1(C)C2CCC2C3CCCC3(C(=O)O)CC[C@]21C. The monoisotopic (exact) mass is 402 g/mol. The van der Waals surface area contributed by atoms with Crippen LogP contribution < -0.4 is 0 Å². The topological polar surface area (TPSA) is 57.5 Å². The fourth-order valence-electron chi connectivity index (χ4n) is 10.7. The molecule has 3 nitrogen and oxygen atoms in total. The molecule has 164 valence electrons. The number of aliphatic carboxylic acids is 1. The van der Waals surface area contributed by atoms with Gasteiger partial charge in [-0.3, -0.25) is 4.79 Å². The summed E-state index contributed by atoms with van der Waals surface area (Å²) in [6.45, 7) is 9.75. The summed E-state index contributed by atoms with van der Waals surface area (Å²) >= 11 is 0. The molecule has 0 bridgehead atoms. The van der Waals surface area contributed by atoms with E-state index in [1.165, 1.54) is 25.7 Å². The van der Waals surface area contributed by atoms with E-state index in [-0.39, 0.29) is 16.2 Å². The molecule has 3 heteroatoms. The largest absolute Gasteiger partial charge is 0.481 e. The number of carboxylic acids is 1. The summed E-state index contributed by atoms with van der Waals surface area (Å²) in [4.78, 5) is 12.4. The van der Waals surface area contributed by atoms with Crippen LogP contribution in [0.2, 0.25) is 0 Å². The molecular weight excluding hydrogens is 360 g/mol. The van der Waals surface area contributed by atoms with Crippen LogP contribution in [0.5, 0.6) is 0 Å². The molecule has 0 aromatic heterocycles. The maximum absolute atomic E-state index is 12.4. The van der Waals surface area contributed by atoms with Crippen molar-refractivity contribution in [2.45, 2.75) is 110 Å². The number of aliphatic hydroxyl groups is 1. The number of fused-ring (bicyclic) bond motifs is 7. The Morgan fingerprint density at radius 1 is 0.724 bits per heavy atom. The summed E-state index contributed by atoms with van der Waals surface area (Å²) in [7, 11) is 0. The summed E-state index contributed by atoms with van der Waals surface area (Å²) in [5.74, 6) is 1.54. The molecule has 0 aromatic rings. The first-order valence-corrected chi connectivity index (χ1v) is 12.5. The van der Waals surface area contributed by atoms with Gasteiger partial charge in [-0.2, -0.15) is 0 Å². The van der Waals surface area contributed by atoms with Crippen LogP contribution in [-0.2, 0) is 4.79 Å². The molecule has 0 saturated heterocycles. The van der Waals surface area contributed by atoms with Gasteiger partial charge in [0.25, 0.3) is 0 Å². The van der Waals surface area contributed by atoms with E-state index in [0.717, 1.165) is 51.4 Å². The number of carboxylic acid groups (broad SMARTS) is 1. The fraction of sp³-hybridized carbons (Fsp3) is 0.962. The lowest BCUT2D eigenvalue weighted by molar-refractivity contribution is -0.246. The Morgan fingerprint density at radius 2 is 1.48 bits per heavy atom. The molecule has 5 saturated carbocycles. The zero-order valence-corrected chi connectivity index (χ0v) is 19.1. The van der Waals surface area contributed by atoms with Crippen molar-refractivity contribution in [2.75, 3.05) is 0 Å². The van der Waals surface area contributed by atoms with Crippen molar-refractivity contribution >= 4 is 5.97 Å². The van der Waals surface area contributed by atoms with Gasteiger partial charge >= 0.3 is 5.97 Å². The highest BCUT2D eigenvalue weighted by molar-refractivity contribution is 5.76. The third-order valence-electron chi connectivity index (χ3n) is 12.2. The van der Waals surface area contributed by atoms with Crippen LogP contribution in [0.1, 0.15) is 105 Å². The van der Waals surface area contributed by atoms with Gasteiger partial charge in [-0.15, -0.1) is 0 Å². The second kappa shape index (κ2) is 6.02. The molecule has 0 aromatic carbocycles. The minimum absolute atomic E-state index is 0.236. The molecule has 5 aliphatic rings. The number of rotatable bonds is 1. The van der Waals surface area contributed by atoms with E-state index in [9.17, 15) is 15.0 Å². The van der Waals surface area contributed by atoms with Crippen LogP contribution in [0, 0.1) is 45.3 Å². The van der Waals surface area contributed by atoms with Gasteiger partial charge in [0.2, 0.25) is 0 Å². The van der Waals surface area contributed by atoms with Crippen LogP contribution in [0.25, 0.3) is 0 Å². The van der Waals surface area contributed by atoms with Crippen molar-refractivity contribution < 1.29 is 15.0 Å². The number of carbonyl (C=O) groups is 1. The van der Waals surface area contributed by atoms with Gasteiger partial charge in [0.05, 0.1) is 11.0 Å². The number of hydrogen-bond acceptors (Lipinski definition) is 2. The zero-order chi connectivity index (χ0) is 20.9. The Balaban J connectivity index is 1.54. The quantitative estimate of drug-likeness (QED) is 0.562. The normalized spacial score (nSPS) is 59.2. The Kier molecular flexibility index (Phi) is 4.22. The molecule has 5 rings (SSSR count). The maximum atomic E-state index is 12.4. The molecule has 2 N–H and O–H groups in total. The lowest BCUT2D eigenvalue weighted by Crippen LogP contribution is -2.66. The molecule has 0 spiro atoms. The molecule has 0 aliphatic heterocycles. The summed E-state index contributed by atoms with van der Waals surface area (Å²) < 4.78 is 0. The van der Waals surface area contributed by atoms with Gasteiger partial charge < -0.3 is 10.2 Å². The summed E-state index contributed by atoms with van der Waals surface area (Å²) in [6, 6.07) is 0. The van der Waals surface area contributed by atoms with Crippen LogP contribution in [0.4, 0.5) is 0 Å². The molecular formula is C26H42O3. The Morgan fingerprint density at radius 3 is 2.21 bits per heavy atom. The smallest absolute Gasteiger partial charge is 0.309 e. The predicted octanol–water partition coefficient (Wildman–Crippen LogP) is 6.04. The van der Waals surface area contributed by atoms with Gasteiger partial charge in [0.1, 0.15) is 0 Å². The van der Waals surface area contributed by atoms with Crippen LogP contribution >= 0.6 is 0 Å². The standard InChI is InChI=1S/C26H42O3/c1-22-11-6-12-25(4,29)20(22)10-14-24(3)19(22)9-8-17-18-7-5-13-26(18,21(27)28)16-15-23(17,24)2/h17-20,29H,5-16H2,1-4H3,(H,27,28)/t17?,18?,19?,20?,22?,23-,24?,25-,26?/m1/s1. The van der Waals surface area contributed by atoms with E-state index in [4.69, 9.17) is 0 Å². The predicted molar refractivity (Wildman–Crippen MR) is 114 cm³/mol. The van der Waals surface area contributed by atoms with Gasteiger partial charge in [-0.25, -0.2) is 0 Å².